The summed E-state index contributed by atoms with van der Waals surface area (Å²) in [6, 6.07) is 1.83. The molecule has 0 spiro atoms. The third-order valence-corrected chi connectivity index (χ3v) is 1.96. The Morgan fingerprint density at radius 2 is 2.25 bits per heavy atom. The van der Waals surface area contributed by atoms with Crippen molar-refractivity contribution in [2.45, 2.75) is 32.1 Å². The predicted octanol–water partition coefficient (Wildman–Crippen LogP) is 2.99. The van der Waals surface area contributed by atoms with Gasteiger partial charge in [0.05, 0.1) is 0 Å². The number of aromatic amines is 1. The van der Waals surface area contributed by atoms with E-state index in [9.17, 15) is 8.78 Å². The molecule has 1 heterocycles. The van der Waals surface area contributed by atoms with Crippen LogP contribution in [0.2, 0.25) is 0 Å². The number of aryl methyl sites for hydroxylation is 1. The molecule has 0 atom stereocenters. The van der Waals surface area contributed by atoms with E-state index in [4.69, 9.17) is 0 Å². The zero-order valence-corrected chi connectivity index (χ0v) is 7.11. The topological polar surface area (TPSA) is 15.8 Å². The van der Waals surface area contributed by atoms with Crippen molar-refractivity contribution in [2.75, 3.05) is 0 Å². The number of nitrogens with one attached hydrogen (secondary N) is 1. The zero-order chi connectivity index (χ0) is 9.03. The Morgan fingerprint density at radius 3 is 2.75 bits per heavy atom. The largest absolute Gasteiger partial charge is 0.367 e. The third-order valence-electron chi connectivity index (χ3n) is 1.96. The minimum atomic E-state index is -2.50. The van der Waals surface area contributed by atoms with E-state index in [1.165, 1.54) is 6.92 Å². The van der Waals surface area contributed by atoms with Crippen LogP contribution in [0.4, 0.5) is 8.78 Å². The molecule has 1 aromatic rings. The Bertz CT molecular complexity index is 216. The number of hydrogen-bond acceptors (Lipinski definition) is 0. The first-order valence-electron chi connectivity index (χ1n) is 4.13. The summed E-state index contributed by atoms with van der Waals surface area (Å²) in [7, 11) is 0. The van der Waals surface area contributed by atoms with Crippen molar-refractivity contribution >= 4 is 0 Å². The van der Waals surface area contributed by atoms with Gasteiger partial charge in [-0.05, 0) is 18.1 Å². The smallest absolute Gasteiger partial charge is 0.248 e. The molecule has 0 aliphatic heterocycles. The SMILES string of the molecule is CCC(F)(F)CCc1cc[nH]c1. The minimum Gasteiger partial charge on any atom is -0.367 e. The second kappa shape index (κ2) is 3.70. The fraction of sp³-hybridized carbons (Fsp3) is 0.556. The van der Waals surface area contributed by atoms with Crippen molar-refractivity contribution in [2.24, 2.45) is 0 Å². The fourth-order valence-corrected chi connectivity index (χ4v) is 1.02. The summed E-state index contributed by atoms with van der Waals surface area (Å²) in [6.07, 6.45) is 3.83. The van der Waals surface area contributed by atoms with E-state index in [0.29, 0.717) is 6.42 Å². The van der Waals surface area contributed by atoms with Crippen LogP contribution in [0.1, 0.15) is 25.3 Å². The summed E-state index contributed by atoms with van der Waals surface area (Å²) in [6.45, 7) is 1.51. The van der Waals surface area contributed by atoms with Crippen LogP contribution in [0.25, 0.3) is 0 Å². The first-order chi connectivity index (χ1) is 5.64. The highest BCUT2D eigenvalue weighted by Crippen LogP contribution is 2.24. The van der Waals surface area contributed by atoms with Crippen LogP contribution in [0.15, 0.2) is 18.5 Å². The number of alkyl halides is 2. The van der Waals surface area contributed by atoms with Crippen LogP contribution >= 0.6 is 0 Å². The van der Waals surface area contributed by atoms with Gasteiger partial charge in [0.15, 0.2) is 0 Å². The van der Waals surface area contributed by atoms with E-state index in [0.717, 1.165) is 5.56 Å². The first-order valence-corrected chi connectivity index (χ1v) is 4.13. The lowest BCUT2D eigenvalue weighted by atomic mass is 10.1. The zero-order valence-electron chi connectivity index (χ0n) is 7.11. The van der Waals surface area contributed by atoms with Gasteiger partial charge in [0.2, 0.25) is 5.92 Å². The molecule has 0 aliphatic rings. The maximum absolute atomic E-state index is 12.7. The molecule has 12 heavy (non-hydrogen) atoms. The molecule has 0 bridgehead atoms. The predicted molar refractivity (Wildman–Crippen MR) is 44.4 cm³/mol. The van der Waals surface area contributed by atoms with Gasteiger partial charge < -0.3 is 4.98 Å². The molecular formula is C9H13F2N. The van der Waals surface area contributed by atoms with Crippen molar-refractivity contribution in [1.29, 1.82) is 0 Å². The Labute approximate surface area is 70.8 Å². The van der Waals surface area contributed by atoms with Crippen LogP contribution < -0.4 is 0 Å². The van der Waals surface area contributed by atoms with Crippen LogP contribution in [-0.4, -0.2) is 10.9 Å². The molecule has 0 aromatic carbocycles. The van der Waals surface area contributed by atoms with Crippen LogP contribution in [0.3, 0.4) is 0 Å². The van der Waals surface area contributed by atoms with E-state index in [2.05, 4.69) is 4.98 Å². The Hall–Kier alpha value is -0.860. The van der Waals surface area contributed by atoms with Crippen molar-refractivity contribution in [1.82, 2.24) is 4.98 Å². The molecule has 68 valence electrons. The molecule has 1 N–H and O–H groups in total. The highest BCUT2D eigenvalue weighted by molar-refractivity contribution is 5.08. The minimum absolute atomic E-state index is 0.0542. The molecule has 0 amide bonds. The lowest BCUT2D eigenvalue weighted by Gasteiger charge is -2.12. The highest BCUT2D eigenvalue weighted by atomic mass is 19.3. The van der Waals surface area contributed by atoms with Gasteiger partial charge >= 0.3 is 0 Å². The molecule has 0 radical (unpaired) electrons. The van der Waals surface area contributed by atoms with Gasteiger partial charge in [-0.15, -0.1) is 0 Å². The lowest BCUT2D eigenvalue weighted by molar-refractivity contribution is -0.0110. The standard InChI is InChI=1S/C9H13F2N/c1-2-9(10,11)5-3-8-4-6-12-7-8/h4,6-7,12H,2-3,5H2,1H3. The van der Waals surface area contributed by atoms with E-state index in [1.54, 1.807) is 12.4 Å². The van der Waals surface area contributed by atoms with Gasteiger partial charge in [-0.3, -0.25) is 0 Å². The van der Waals surface area contributed by atoms with Crippen LogP contribution in [0.5, 0.6) is 0 Å². The molecule has 1 nitrogen and oxygen atoms in total. The second-order valence-electron chi connectivity index (χ2n) is 2.93. The Morgan fingerprint density at radius 1 is 1.50 bits per heavy atom. The molecule has 1 rings (SSSR count). The fourth-order valence-electron chi connectivity index (χ4n) is 1.02. The Kier molecular flexibility index (Phi) is 2.84. The molecule has 3 heteroatoms. The molecule has 0 fully saturated rings. The molecular weight excluding hydrogens is 160 g/mol. The summed E-state index contributed by atoms with van der Waals surface area (Å²) < 4.78 is 25.5. The monoisotopic (exact) mass is 173 g/mol. The summed E-state index contributed by atoms with van der Waals surface area (Å²) in [5, 5.41) is 0. The normalized spacial score (nSPS) is 11.9. The molecule has 0 saturated heterocycles. The molecule has 0 saturated carbocycles. The molecule has 0 aliphatic carbocycles. The second-order valence-corrected chi connectivity index (χ2v) is 2.93. The summed E-state index contributed by atoms with van der Waals surface area (Å²) in [5.41, 5.74) is 0.947. The van der Waals surface area contributed by atoms with Crippen LogP contribution in [-0.2, 0) is 6.42 Å². The third kappa shape index (κ3) is 2.64. The van der Waals surface area contributed by atoms with Crippen molar-refractivity contribution < 1.29 is 8.78 Å². The maximum atomic E-state index is 12.7. The lowest BCUT2D eigenvalue weighted by Crippen LogP contribution is -2.14. The van der Waals surface area contributed by atoms with E-state index in [-0.39, 0.29) is 12.8 Å². The summed E-state index contributed by atoms with van der Waals surface area (Å²) in [4.78, 5) is 2.84. The number of rotatable bonds is 4. The quantitative estimate of drug-likeness (QED) is 0.720. The van der Waals surface area contributed by atoms with Crippen molar-refractivity contribution in [3.8, 4) is 0 Å². The van der Waals surface area contributed by atoms with Gasteiger partial charge in [0.25, 0.3) is 0 Å². The Balaban J connectivity index is 2.36. The van der Waals surface area contributed by atoms with Crippen LogP contribution in [0, 0.1) is 0 Å². The molecule has 1 aromatic heterocycles. The summed E-state index contributed by atoms with van der Waals surface area (Å²) >= 11 is 0. The van der Waals surface area contributed by atoms with Gasteiger partial charge in [-0.1, -0.05) is 6.92 Å². The number of aromatic nitrogens is 1. The van der Waals surface area contributed by atoms with Gasteiger partial charge in [-0.25, -0.2) is 8.78 Å². The van der Waals surface area contributed by atoms with Gasteiger partial charge in [0.1, 0.15) is 0 Å². The summed E-state index contributed by atoms with van der Waals surface area (Å²) in [5.74, 6) is -2.50. The van der Waals surface area contributed by atoms with E-state index < -0.39 is 5.92 Å². The number of hydrogen-bond donors (Lipinski definition) is 1. The first kappa shape index (κ1) is 9.23. The van der Waals surface area contributed by atoms with E-state index >= 15 is 0 Å². The number of H-pyrrole nitrogens is 1. The highest BCUT2D eigenvalue weighted by Gasteiger charge is 2.25. The number of halogens is 2. The van der Waals surface area contributed by atoms with E-state index in [1.807, 2.05) is 6.07 Å². The van der Waals surface area contributed by atoms with Gasteiger partial charge in [-0.2, -0.15) is 0 Å². The average Bonchev–Trinajstić information content (AvgIpc) is 2.53. The maximum Gasteiger partial charge on any atom is 0.248 e. The average molecular weight is 173 g/mol. The van der Waals surface area contributed by atoms with Crippen molar-refractivity contribution in [3.63, 3.8) is 0 Å². The molecule has 0 unspecified atom stereocenters. The van der Waals surface area contributed by atoms with Gasteiger partial charge in [0, 0.05) is 25.2 Å². The van der Waals surface area contributed by atoms with Crippen molar-refractivity contribution in [3.05, 3.63) is 24.0 Å².